The van der Waals surface area contributed by atoms with Crippen molar-refractivity contribution in [1.29, 1.82) is 0 Å². The molecule has 7 nitrogen and oxygen atoms in total. The number of carbonyl (C=O) groups excluding carboxylic acids is 3. The maximum Gasteiger partial charge on any atom is 0.294 e. The monoisotopic (exact) mass is 644 g/mol. The molecule has 0 unspecified atom stereocenters. The van der Waals surface area contributed by atoms with Crippen LogP contribution in [0.2, 0.25) is 0 Å². The van der Waals surface area contributed by atoms with Crippen LogP contribution in [-0.2, 0) is 16.2 Å². The molecule has 0 aliphatic carbocycles. The highest BCUT2D eigenvalue weighted by atomic mass is 79.9. The van der Waals surface area contributed by atoms with Crippen LogP contribution in [0.4, 0.5) is 10.5 Å². The van der Waals surface area contributed by atoms with Gasteiger partial charge in [-0.1, -0.05) is 45.8 Å². The van der Waals surface area contributed by atoms with Crippen LogP contribution >= 0.6 is 43.6 Å². The second-order valence-electron chi connectivity index (χ2n) is 8.13. The largest absolute Gasteiger partial charge is 0.493 e. The Bertz CT molecular complexity index is 1370. The van der Waals surface area contributed by atoms with Crippen molar-refractivity contribution in [1.82, 2.24) is 4.90 Å². The topological polar surface area (TPSA) is 84.9 Å². The highest BCUT2D eigenvalue weighted by Gasteiger charge is 2.36. The van der Waals surface area contributed by atoms with Gasteiger partial charge in [-0.25, -0.2) is 0 Å². The standard InChI is InChI=1S/C27H22Br2N2O5S/c1-16-3-9-20(10-4-16)30-24(32)14-31-26(33)23(37-27(31)34)13-18-11-21(29)25(22(12-18)35-2)36-15-17-5-7-19(28)8-6-17/h3-13H,14-15H2,1-2H3,(H,30,32)/b23-13+. The van der Waals surface area contributed by atoms with Gasteiger partial charge in [0, 0.05) is 10.2 Å². The van der Waals surface area contributed by atoms with E-state index in [-0.39, 0.29) is 11.4 Å². The molecule has 3 aromatic rings. The third kappa shape index (κ3) is 6.82. The molecule has 190 valence electrons. The maximum atomic E-state index is 12.9. The van der Waals surface area contributed by atoms with Gasteiger partial charge in [-0.3, -0.25) is 19.3 Å². The smallest absolute Gasteiger partial charge is 0.294 e. The van der Waals surface area contributed by atoms with Crippen LogP contribution in [0.3, 0.4) is 0 Å². The Morgan fingerprint density at radius 3 is 2.43 bits per heavy atom. The van der Waals surface area contributed by atoms with Gasteiger partial charge in [0.1, 0.15) is 13.2 Å². The first-order chi connectivity index (χ1) is 17.7. The van der Waals surface area contributed by atoms with Crippen LogP contribution in [0, 0.1) is 6.92 Å². The molecular weight excluding hydrogens is 624 g/mol. The van der Waals surface area contributed by atoms with Gasteiger partial charge in [0.05, 0.1) is 16.5 Å². The fraction of sp³-hybridized carbons (Fsp3) is 0.148. The molecule has 0 bridgehead atoms. The molecule has 10 heteroatoms. The number of halogens is 2. The van der Waals surface area contributed by atoms with Crippen molar-refractivity contribution < 1.29 is 23.9 Å². The van der Waals surface area contributed by atoms with Crippen molar-refractivity contribution in [2.75, 3.05) is 19.0 Å². The minimum atomic E-state index is -0.528. The summed E-state index contributed by atoms with van der Waals surface area (Å²) in [6.45, 7) is 1.91. The molecule has 0 aromatic heterocycles. The number of rotatable bonds is 8. The number of aryl methyl sites for hydroxylation is 1. The zero-order valence-corrected chi connectivity index (χ0v) is 23.9. The van der Waals surface area contributed by atoms with E-state index in [1.807, 2.05) is 43.3 Å². The predicted octanol–water partition coefficient (Wildman–Crippen LogP) is 6.78. The van der Waals surface area contributed by atoms with Gasteiger partial charge in [-0.15, -0.1) is 0 Å². The van der Waals surface area contributed by atoms with Gasteiger partial charge in [-0.05, 0) is 88.2 Å². The molecule has 0 radical (unpaired) electrons. The third-order valence-corrected chi connectivity index (χ3v) is 7.38. The fourth-order valence-electron chi connectivity index (χ4n) is 3.47. The molecule has 1 N–H and O–H groups in total. The molecule has 1 aliphatic heterocycles. The normalized spacial score (nSPS) is 14.3. The van der Waals surface area contributed by atoms with Crippen molar-refractivity contribution >= 4 is 72.4 Å². The maximum absolute atomic E-state index is 12.9. The lowest BCUT2D eigenvalue weighted by molar-refractivity contribution is -0.127. The Kier molecular flexibility index (Phi) is 8.73. The van der Waals surface area contributed by atoms with Gasteiger partial charge < -0.3 is 14.8 Å². The van der Waals surface area contributed by atoms with Gasteiger partial charge >= 0.3 is 0 Å². The molecule has 4 rings (SSSR count). The second-order valence-corrected chi connectivity index (χ2v) is 10.9. The number of hydrogen-bond donors (Lipinski definition) is 1. The summed E-state index contributed by atoms with van der Waals surface area (Å²) < 4.78 is 13.1. The SMILES string of the molecule is COc1cc(/C=C2/SC(=O)N(CC(=O)Nc3ccc(C)cc3)C2=O)cc(Br)c1OCc1ccc(Br)cc1. The zero-order valence-electron chi connectivity index (χ0n) is 19.9. The molecule has 0 spiro atoms. The molecule has 1 aliphatic rings. The minimum Gasteiger partial charge on any atom is -0.493 e. The van der Waals surface area contributed by atoms with E-state index in [1.165, 1.54) is 7.11 Å². The van der Waals surface area contributed by atoms with E-state index in [9.17, 15) is 14.4 Å². The second kappa shape index (κ2) is 12.0. The van der Waals surface area contributed by atoms with Crippen LogP contribution < -0.4 is 14.8 Å². The average Bonchev–Trinajstić information content (AvgIpc) is 3.12. The van der Waals surface area contributed by atoms with Gasteiger partial charge in [0.25, 0.3) is 11.1 Å². The Labute approximate surface area is 235 Å². The van der Waals surface area contributed by atoms with Crippen molar-refractivity contribution in [3.8, 4) is 11.5 Å². The Balaban J connectivity index is 1.46. The van der Waals surface area contributed by atoms with Crippen LogP contribution in [0.1, 0.15) is 16.7 Å². The minimum absolute atomic E-state index is 0.214. The molecule has 1 heterocycles. The molecule has 1 saturated heterocycles. The van der Waals surface area contributed by atoms with Crippen LogP contribution in [0.15, 0.2) is 74.5 Å². The number of imide groups is 1. The number of benzene rings is 3. The lowest BCUT2D eigenvalue weighted by Gasteiger charge is -2.14. The van der Waals surface area contributed by atoms with Crippen LogP contribution in [-0.4, -0.2) is 35.6 Å². The summed E-state index contributed by atoms with van der Waals surface area (Å²) >= 11 is 7.72. The summed E-state index contributed by atoms with van der Waals surface area (Å²) in [6, 6.07) is 18.5. The summed E-state index contributed by atoms with van der Waals surface area (Å²) in [5, 5.41) is 2.20. The Morgan fingerprint density at radius 2 is 1.76 bits per heavy atom. The Hall–Kier alpha value is -3.08. The number of anilines is 1. The number of thioether (sulfide) groups is 1. The molecule has 3 aromatic carbocycles. The average molecular weight is 646 g/mol. The van der Waals surface area contributed by atoms with E-state index in [2.05, 4.69) is 37.2 Å². The van der Waals surface area contributed by atoms with Gasteiger partial charge in [0.15, 0.2) is 11.5 Å². The van der Waals surface area contributed by atoms with E-state index in [0.29, 0.717) is 33.8 Å². The molecule has 0 atom stereocenters. The van der Waals surface area contributed by atoms with Crippen molar-refractivity contribution in [2.45, 2.75) is 13.5 Å². The van der Waals surface area contributed by atoms with E-state index in [0.717, 1.165) is 32.3 Å². The zero-order chi connectivity index (χ0) is 26.5. The number of hydrogen-bond acceptors (Lipinski definition) is 6. The predicted molar refractivity (Wildman–Crippen MR) is 152 cm³/mol. The van der Waals surface area contributed by atoms with E-state index < -0.39 is 17.1 Å². The number of carbonyl (C=O) groups is 3. The summed E-state index contributed by atoms with van der Waals surface area (Å²) in [4.78, 5) is 39.0. The first-order valence-electron chi connectivity index (χ1n) is 11.1. The summed E-state index contributed by atoms with van der Waals surface area (Å²) in [5.41, 5.74) is 3.27. The highest BCUT2D eigenvalue weighted by Crippen LogP contribution is 2.39. The third-order valence-electron chi connectivity index (χ3n) is 5.36. The number of nitrogens with zero attached hydrogens (tertiary/aromatic N) is 1. The number of amides is 3. The van der Waals surface area contributed by atoms with Gasteiger partial charge in [0.2, 0.25) is 5.91 Å². The highest BCUT2D eigenvalue weighted by molar-refractivity contribution is 9.10. The quantitative estimate of drug-likeness (QED) is 0.272. The van der Waals surface area contributed by atoms with Crippen molar-refractivity contribution in [3.05, 3.63) is 91.2 Å². The summed E-state index contributed by atoms with van der Waals surface area (Å²) in [5.74, 6) is 0.00157. The number of methoxy groups -OCH3 is 1. The number of ether oxygens (including phenoxy) is 2. The van der Waals surface area contributed by atoms with Crippen LogP contribution in [0.5, 0.6) is 11.5 Å². The lowest BCUT2D eigenvalue weighted by atomic mass is 10.1. The first-order valence-corrected chi connectivity index (χ1v) is 13.5. The molecule has 3 amide bonds. The van der Waals surface area contributed by atoms with Crippen LogP contribution in [0.25, 0.3) is 6.08 Å². The van der Waals surface area contributed by atoms with E-state index >= 15 is 0 Å². The number of nitrogens with one attached hydrogen (secondary N) is 1. The molecule has 1 fully saturated rings. The Morgan fingerprint density at radius 1 is 1.05 bits per heavy atom. The molecule has 0 saturated carbocycles. The molecule has 37 heavy (non-hydrogen) atoms. The lowest BCUT2D eigenvalue weighted by Crippen LogP contribution is -2.36. The molecular formula is C27H22Br2N2O5S. The summed E-state index contributed by atoms with van der Waals surface area (Å²) in [7, 11) is 1.53. The fourth-order valence-corrected chi connectivity index (χ4v) is 5.14. The van der Waals surface area contributed by atoms with Crippen molar-refractivity contribution in [3.63, 3.8) is 0 Å². The van der Waals surface area contributed by atoms with Gasteiger partial charge in [-0.2, -0.15) is 0 Å². The summed E-state index contributed by atoms with van der Waals surface area (Å²) in [6.07, 6.45) is 1.59. The van der Waals surface area contributed by atoms with E-state index in [1.54, 1.807) is 30.3 Å². The first kappa shape index (κ1) is 27.0. The van der Waals surface area contributed by atoms with Crippen molar-refractivity contribution in [2.24, 2.45) is 0 Å². The van der Waals surface area contributed by atoms with E-state index in [4.69, 9.17) is 9.47 Å².